The Kier molecular flexibility index (Phi) is 1.97. The molecule has 54 valence electrons. The van der Waals surface area contributed by atoms with Crippen LogP contribution in [0.4, 0.5) is 4.39 Å². The summed E-state index contributed by atoms with van der Waals surface area (Å²) in [5.74, 6) is -0.475. The highest BCUT2D eigenvalue weighted by atomic mass is 19.1. The SMILES string of the molecule is C[C@H](N)c1cccnc1F. The van der Waals surface area contributed by atoms with Crippen LogP contribution in [0.5, 0.6) is 0 Å². The van der Waals surface area contributed by atoms with Crippen molar-refractivity contribution in [2.75, 3.05) is 0 Å². The van der Waals surface area contributed by atoms with E-state index in [-0.39, 0.29) is 6.04 Å². The van der Waals surface area contributed by atoms with E-state index >= 15 is 0 Å². The first kappa shape index (κ1) is 7.15. The van der Waals surface area contributed by atoms with Crippen LogP contribution in [0, 0.1) is 5.95 Å². The second-order valence-corrected chi connectivity index (χ2v) is 2.17. The fraction of sp³-hybridized carbons (Fsp3) is 0.286. The van der Waals surface area contributed by atoms with E-state index in [1.165, 1.54) is 6.20 Å². The van der Waals surface area contributed by atoms with Crippen molar-refractivity contribution >= 4 is 0 Å². The maximum atomic E-state index is 12.6. The number of halogens is 1. The third kappa shape index (κ3) is 1.30. The van der Waals surface area contributed by atoms with E-state index in [0.29, 0.717) is 5.56 Å². The third-order valence-corrected chi connectivity index (χ3v) is 1.28. The molecule has 0 spiro atoms. The number of nitrogens with zero attached hydrogens (tertiary/aromatic N) is 1. The Labute approximate surface area is 58.9 Å². The monoisotopic (exact) mass is 140 g/mol. The van der Waals surface area contributed by atoms with Crippen molar-refractivity contribution in [3.05, 3.63) is 29.8 Å². The zero-order valence-corrected chi connectivity index (χ0v) is 5.71. The first-order valence-corrected chi connectivity index (χ1v) is 3.08. The molecular weight excluding hydrogens is 131 g/mol. The summed E-state index contributed by atoms with van der Waals surface area (Å²) < 4.78 is 12.6. The van der Waals surface area contributed by atoms with Crippen LogP contribution in [0.25, 0.3) is 0 Å². The maximum Gasteiger partial charge on any atom is 0.217 e. The first-order valence-electron chi connectivity index (χ1n) is 3.08. The van der Waals surface area contributed by atoms with Gasteiger partial charge in [0.25, 0.3) is 0 Å². The quantitative estimate of drug-likeness (QED) is 0.596. The predicted molar refractivity (Wildman–Crippen MR) is 36.8 cm³/mol. The molecule has 0 aromatic carbocycles. The molecule has 0 fully saturated rings. The lowest BCUT2D eigenvalue weighted by molar-refractivity contribution is 0.553. The number of nitrogens with two attached hydrogens (primary N) is 1. The van der Waals surface area contributed by atoms with Gasteiger partial charge in [-0.05, 0) is 13.0 Å². The summed E-state index contributed by atoms with van der Waals surface area (Å²) in [6.07, 6.45) is 1.40. The summed E-state index contributed by atoms with van der Waals surface area (Å²) in [7, 11) is 0. The molecule has 0 amide bonds. The van der Waals surface area contributed by atoms with Gasteiger partial charge in [0.2, 0.25) is 5.95 Å². The summed E-state index contributed by atoms with van der Waals surface area (Å²) in [5.41, 5.74) is 5.90. The van der Waals surface area contributed by atoms with Crippen molar-refractivity contribution in [3.8, 4) is 0 Å². The third-order valence-electron chi connectivity index (χ3n) is 1.28. The van der Waals surface area contributed by atoms with E-state index in [1.54, 1.807) is 19.1 Å². The molecule has 0 bridgehead atoms. The number of rotatable bonds is 1. The molecule has 0 radical (unpaired) electrons. The molecule has 0 saturated heterocycles. The number of aromatic nitrogens is 1. The average Bonchev–Trinajstić information content (AvgIpc) is 1.88. The van der Waals surface area contributed by atoms with Crippen LogP contribution in [0.15, 0.2) is 18.3 Å². The van der Waals surface area contributed by atoms with E-state index in [0.717, 1.165) is 0 Å². The molecule has 1 heterocycles. The predicted octanol–water partition coefficient (Wildman–Crippen LogP) is 1.24. The van der Waals surface area contributed by atoms with Gasteiger partial charge in [0, 0.05) is 17.8 Å². The zero-order chi connectivity index (χ0) is 7.56. The highest BCUT2D eigenvalue weighted by molar-refractivity contribution is 5.13. The molecule has 3 heteroatoms. The minimum absolute atomic E-state index is 0.284. The molecule has 1 rings (SSSR count). The van der Waals surface area contributed by atoms with Gasteiger partial charge in [0.15, 0.2) is 0 Å². The van der Waals surface area contributed by atoms with Gasteiger partial charge in [-0.3, -0.25) is 0 Å². The van der Waals surface area contributed by atoms with Crippen molar-refractivity contribution < 1.29 is 4.39 Å². The number of hydrogen-bond acceptors (Lipinski definition) is 2. The Morgan fingerprint density at radius 1 is 1.70 bits per heavy atom. The molecule has 1 aromatic rings. The van der Waals surface area contributed by atoms with Crippen LogP contribution in [0.1, 0.15) is 18.5 Å². The van der Waals surface area contributed by atoms with Crippen LogP contribution < -0.4 is 5.73 Å². The molecule has 0 saturated carbocycles. The van der Waals surface area contributed by atoms with Crippen LogP contribution in [-0.2, 0) is 0 Å². The molecular formula is C7H9FN2. The van der Waals surface area contributed by atoms with Gasteiger partial charge in [-0.25, -0.2) is 4.98 Å². The normalized spacial score (nSPS) is 13.1. The molecule has 1 atom stereocenters. The highest BCUT2D eigenvalue weighted by Gasteiger charge is 2.04. The molecule has 1 aromatic heterocycles. The van der Waals surface area contributed by atoms with E-state index in [1.807, 2.05) is 0 Å². The lowest BCUT2D eigenvalue weighted by Crippen LogP contribution is -2.07. The van der Waals surface area contributed by atoms with Gasteiger partial charge in [-0.2, -0.15) is 4.39 Å². The van der Waals surface area contributed by atoms with Gasteiger partial charge in [-0.1, -0.05) is 6.07 Å². The Balaban J connectivity index is 3.03. The van der Waals surface area contributed by atoms with Crippen molar-refractivity contribution in [1.82, 2.24) is 4.98 Å². The largest absolute Gasteiger partial charge is 0.324 e. The molecule has 0 unspecified atom stereocenters. The lowest BCUT2D eigenvalue weighted by atomic mass is 10.1. The summed E-state index contributed by atoms with van der Waals surface area (Å²) >= 11 is 0. The van der Waals surface area contributed by atoms with Gasteiger partial charge >= 0.3 is 0 Å². The summed E-state index contributed by atoms with van der Waals surface area (Å²) in [4.78, 5) is 3.45. The van der Waals surface area contributed by atoms with E-state index in [2.05, 4.69) is 4.98 Å². The van der Waals surface area contributed by atoms with Crippen LogP contribution in [0.2, 0.25) is 0 Å². The molecule has 2 nitrogen and oxygen atoms in total. The van der Waals surface area contributed by atoms with Crippen molar-refractivity contribution in [3.63, 3.8) is 0 Å². The Morgan fingerprint density at radius 3 is 2.80 bits per heavy atom. The molecule has 2 N–H and O–H groups in total. The van der Waals surface area contributed by atoms with Crippen molar-refractivity contribution in [1.29, 1.82) is 0 Å². The second kappa shape index (κ2) is 2.75. The Morgan fingerprint density at radius 2 is 2.40 bits per heavy atom. The Bertz CT molecular complexity index is 223. The van der Waals surface area contributed by atoms with Gasteiger partial charge in [0.1, 0.15) is 0 Å². The van der Waals surface area contributed by atoms with Crippen LogP contribution in [0.3, 0.4) is 0 Å². The highest BCUT2D eigenvalue weighted by Crippen LogP contribution is 2.10. The number of hydrogen-bond donors (Lipinski definition) is 1. The smallest absolute Gasteiger partial charge is 0.217 e. The average molecular weight is 140 g/mol. The van der Waals surface area contributed by atoms with Crippen molar-refractivity contribution in [2.45, 2.75) is 13.0 Å². The summed E-state index contributed by atoms with van der Waals surface area (Å²) in [6, 6.07) is 3.02. The van der Waals surface area contributed by atoms with E-state index < -0.39 is 5.95 Å². The summed E-state index contributed by atoms with van der Waals surface area (Å²) in [6.45, 7) is 1.72. The minimum atomic E-state index is -0.475. The number of pyridine rings is 1. The summed E-state index contributed by atoms with van der Waals surface area (Å²) in [5, 5.41) is 0. The van der Waals surface area contributed by atoms with E-state index in [4.69, 9.17) is 5.73 Å². The lowest BCUT2D eigenvalue weighted by Gasteiger charge is -2.03. The van der Waals surface area contributed by atoms with Gasteiger partial charge in [-0.15, -0.1) is 0 Å². The fourth-order valence-electron chi connectivity index (χ4n) is 0.738. The van der Waals surface area contributed by atoms with Crippen LogP contribution >= 0.6 is 0 Å². The fourth-order valence-corrected chi connectivity index (χ4v) is 0.738. The Hall–Kier alpha value is -0.960. The first-order chi connectivity index (χ1) is 4.72. The topological polar surface area (TPSA) is 38.9 Å². The van der Waals surface area contributed by atoms with Gasteiger partial charge in [0.05, 0.1) is 0 Å². The van der Waals surface area contributed by atoms with Crippen LogP contribution in [-0.4, -0.2) is 4.98 Å². The molecule has 0 aliphatic carbocycles. The second-order valence-electron chi connectivity index (χ2n) is 2.17. The molecule has 10 heavy (non-hydrogen) atoms. The zero-order valence-electron chi connectivity index (χ0n) is 5.71. The van der Waals surface area contributed by atoms with Crippen molar-refractivity contribution in [2.24, 2.45) is 5.73 Å². The van der Waals surface area contributed by atoms with E-state index in [9.17, 15) is 4.39 Å². The molecule has 0 aliphatic heterocycles. The standard InChI is InChI=1S/C7H9FN2/c1-5(9)6-3-2-4-10-7(6)8/h2-5H,9H2,1H3/t5-/m0/s1. The minimum Gasteiger partial charge on any atom is -0.324 e. The maximum absolute atomic E-state index is 12.6. The van der Waals surface area contributed by atoms with Gasteiger partial charge < -0.3 is 5.73 Å². The molecule has 0 aliphatic rings.